The first-order valence-electron chi connectivity index (χ1n) is 10.7. The van der Waals surface area contributed by atoms with Gasteiger partial charge in [-0.1, -0.05) is 10.3 Å². The van der Waals surface area contributed by atoms with E-state index in [-0.39, 0.29) is 5.91 Å². The van der Waals surface area contributed by atoms with Crippen LogP contribution in [0, 0.1) is 19.8 Å². The van der Waals surface area contributed by atoms with Crippen LogP contribution in [0.2, 0.25) is 0 Å². The Balaban J connectivity index is 1.27. The lowest BCUT2D eigenvalue weighted by Gasteiger charge is -2.31. The summed E-state index contributed by atoms with van der Waals surface area (Å²) in [6.45, 7) is 5.26. The second-order valence-corrected chi connectivity index (χ2v) is 8.41. The van der Waals surface area contributed by atoms with Crippen LogP contribution < -0.4 is 4.90 Å². The number of aromatic nitrogens is 3. The molecule has 1 amide bonds. The van der Waals surface area contributed by atoms with Crippen LogP contribution in [0.4, 0.5) is 6.01 Å². The van der Waals surface area contributed by atoms with Gasteiger partial charge in [0, 0.05) is 45.6 Å². The average molecular weight is 428 g/mol. The number of amides is 1. The van der Waals surface area contributed by atoms with Crippen molar-refractivity contribution >= 4 is 11.9 Å². The molecule has 4 rings (SSSR count). The van der Waals surface area contributed by atoms with E-state index in [1.54, 1.807) is 11.0 Å². The summed E-state index contributed by atoms with van der Waals surface area (Å²) >= 11 is 0. The van der Waals surface area contributed by atoms with Crippen molar-refractivity contribution in [1.82, 2.24) is 20.2 Å². The monoisotopic (exact) mass is 427 g/mol. The van der Waals surface area contributed by atoms with Crippen molar-refractivity contribution in [2.75, 3.05) is 32.1 Å². The summed E-state index contributed by atoms with van der Waals surface area (Å²) in [6, 6.07) is 4.15. The molecule has 4 heterocycles. The molecule has 3 aromatic rings. The number of rotatable bonds is 7. The Morgan fingerprint density at radius 3 is 2.58 bits per heavy atom. The molecule has 0 radical (unpaired) electrons. The van der Waals surface area contributed by atoms with E-state index >= 15 is 0 Å². The molecule has 0 N–H and O–H groups in total. The van der Waals surface area contributed by atoms with E-state index in [1.165, 1.54) is 0 Å². The number of furan rings is 1. The Morgan fingerprint density at radius 2 is 1.94 bits per heavy atom. The zero-order valence-electron chi connectivity index (χ0n) is 18.6. The first-order chi connectivity index (χ1) is 14.9. The molecular weight excluding hydrogens is 398 g/mol. The van der Waals surface area contributed by atoms with Crippen molar-refractivity contribution in [3.63, 3.8) is 0 Å². The lowest BCUT2D eigenvalue weighted by atomic mass is 9.92. The highest BCUT2D eigenvalue weighted by molar-refractivity contribution is 5.91. The molecule has 1 saturated heterocycles. The molecule has 0 unspecified atom stereocenters. The van der Waals surface area contributed by atoms with Gasteiger partial charge in [-0.05, 0) is 51.2 Å². The predicted molar refractivity (Wildman–Crippen MR) is 113 cm³/mol. The second-order valence-electron chi connectivity index (χ2n) is 8.41. The zero-order chi connectivity index (χ0) is 22.0. The molecule has 3 aromatic heterocycles. The molecule has 0 bridgehead atoms. The van der Waals surface area contributed by atoms with Crippen molar-refractivity contribution in [3.05, 3.63) is 46.5 Å². The minimum Gasteiger partial charge on any atom is -0.456 e. The number of aryl methyl sites for hydroxylation is 3. The number of carbonyl (C=O) groups excluding carboxylic acids is 1. The van der Waals surface area contributed by atoms with Crippen LogP contribution in [-0.2, 0) is 12.8 Å². The summed E-state index contributed by atoms with van der Waals surface area (Å²) < 4.78 is 16.3. The molecule has 1 aliphatic rings. The molecule has 1 aliphatic heterocycles. The van der Waals surface area contributed by atoms with Crippen LogP contribution in [0.1, 0.15) is 58.4 Å². The van der Waals surface area contributed by atoms with E-state index < -0.39 is 0 Å². The number of anilines is 1. The largest absolute Gasteiger partial charge is 0.456 e. The van der Waals surface area contributed by atoms with Crippen molar-refractivity contribution in [1.29, 1.82) is 0 Å². The zero-order valence-corrected chi connectivity index (χ0v) is 18.6. The van der Waals surface area contributed by atoms with E-state index in [0.717, 1.165) is 67.4 Å². The minimum absolute atomic E-state index is 0.0442. The summed E-state index contributed by atoms with van der Waals surface area (Å²) in [5, 5.41) is 8.00. The van der Waals surface area contributed by atoms with Gasteiger partial charge in [-0.15, -0.1) is 0 Å². The maximum Gasteiger partial charge on any atom is 0.323 e. The van der Waals surface area contributed by atoms with E-state index in [2.05, 4.69) is 15.3 Å². The van der Waals surface area contributed by atoms with Gasteiger partial charge in [0.15, 0.2) is 11.6 Å². The molecular formula is C22H29N5O4. The Morgan fingerprint density at radius 1 is 1.16 bits per heavy atom. The molecule has 166 valence electrons. The number of carbonyl (C=O) groups is 1. The highest BCUT2D eigenvalue weighted by Crippen LogP contribution is 2.25. The van der Waals surface area contributed by atoms with Crippen molar-refractivity contribution in [2.45, 2.75) is 46.0 Å². The highest BCUT2D eigenvalue weighted by atomic mass is 16.5. The molecule has 0 aliphatic carbocycles. The molecule has 0 spiro atoms. The highest BCUT2D eigenvalue weighted by Gasteiger charge is 2.26. The normalized spacial score (nSPS) is 14.9. The van der Waals surface area contributed by atoms with Gasteiger partial charge in [-0.2, -0.15) is 4.98 Å². The van der Waals surface area contributed by atoms with Gasteiger partial charge in [0.25, 0.3) is 5.91 Å². The fraction of sp³-hybridized carbons (Fsp3) is 0.545. The summed E-state index contributed by atoms with van der Waals surface area (Å²) in [4.78, 5) is 20.9. The fourth-order valence-corrected chi connectivity index (χ4v) is 3.96. The van der Waals surface area contributed by atoms with Crippen LogP contribution in [0.3, 0.4) is 0 Å². The van der Waals surface area contributed by atoms with Crippen LogP contribution in [-0.4, -0.2) is 53.3 Å². The molecule has 31 heavy (non-hydrogen) atoms. The minimum atomic E-state index is -0.0442. The summed E-state index contributed by atoms with van der Waals surface area (Å²) in [6.07, 6.45) is 4.30. The third-order valence-corrected chi connectivity index (χ3v) is 5.92. The first kappa shape index (κ1) is 21.1. The number of hydrogen-bond acceptors (Lipinski definition) is 8. The Kier molecular flexibility index (Phi) is 6.11. The molecule has 9 heteroatoms. The van der Waals surface area contributed by atoms with Gasteiger partial charge < -0.3 is 23.3 Å². The summed E-state index contributed by atoms with van der Waals surface area (Å²) in [5.41, 5.74) is 1.86. The van der Waals surface area contributed by atoms with Gasteiger partial charge >= 0.3 is 6.01 Å². The van der Waals surface area contributed by atoms with Crippen molar-refractivity contribution in [3.8, 4) is 0 Å². The fourth-order valence-electron chi connectivity index (χ4n) is 3.96. The van der Waals surface area contributed by atoms with Crippen molar-refractivity contribution < 1.29 is 18.3 Å². The molecule has 0 aromatic carbocycles. The van der Waals surface area contributed by atoms with Crippen LogP contribution >= 0.6 is 0 Å². The molecule has 1 fully saturated rings. The number of likely N-dealkylation sites (tertiary alicyclic amines) is 1. The van der Waals surface area contributed by atoms with Crippen LogP contribution in [0.15, 0.2) is 25.6 Å². The maximum atomic E-state index is 12.9. The molecule has 0 atom stereocenters. The second kappa shape index (κ2) is 8.95. The average Bonchev–Trinajstić information content (AvgIpc) is 3.50. The topological polar surface area (TPSA) is 102 Å². The van der Waals surface area contributed by atoms with Gasteiger partial charge in [-0.3, -0.25) is 4.79 Å². The quantitative estimate of drug-likeness (QED) is 0.565. The smallest absolute Gasteiger partial charge is 0.323 e. The molecule has 0 saturated carbocycles. The number of hydrogen-bond donors (Lipinski definition) is 0. The number of piperidine rings is 1. The standard InChI is InChI=1S/C22H29N5O4/c1-14-18(15(2)30-24-14)13-17-6-7-19(29-17)21(28)27-11-9-16(10-12-27)5-8-20-23-22(26(3)4)31-25-20/h6-7,16H,5,8-13H2,1-4H3. The lowest BCUT2D eigenvalue weighted by Crippen LogP contribution is -2.38. The number of nitrogens with zero attached hydrogens (tertiary/aromatic N) is 5. The van der Waals surface area contributed by atoms with E-state index in [1.807, 2.05) is 38.9 Å². The lowest BCUT2D eigenvalue weighted by molar-refractivity contribution is 0.0653. The third-order valence-electron chi connectivity index (χ3n) is 5.92. The van der Waals surface area contributed by atoms with E-state index in [9.17, 15) is 4.79 Å². The molecule has 9 nitrogen and oxygen atoms in total. The van der Waals surface area contributed by atoms with Crippen LogP contribution in [0.5, 0.6) is 0 Å². The van der Waals surface area contributed by atoms with Gasteiger partial charge in [-0.25, -0.2) is 0 Å². The van der Waals surface area contributed by atoms with Crippen molar-refractivity contribution in [2.24, 2.45) is 5.92 Å². The Bertz CT molecular complexity index is 1010. The van der Waals surface area contributed by atoms with Gasteiger partial charge in [0.2, 0.25) is 0 Å². The maximum absolute atomic E-state index is 12.9. The van der Waals surface area contributed by atoms with Crippen LogP contribution in [0.25, 0.3) is 0 Å². The Hall–Kier alpha value is -3.10. The first-order valence-corrected chi connectivity index (χ1v) is 10.7. The third kappa shape index (κ3) is 4.81. The Labute approximate surface area is 181 Å². The van der Waals surface area contributed by atoms with Gasteiger partial charge in [0.1, 0.15) is 11.5 Å². The van der Waals surface area contributed by atoms with E-state index in [0.29, 0.717) is 24.1 Å². The summed E-state index contributed by atoms with van der Waals surface area (Å²) in [5.74, 6) is 3.16. The van der Waals surface area contributed by atoms with Gasteiger partial charge in [0.05, 0.1) is 5.69 Å². The summed E-state index contributed by atoms with van der Waals surface area (Å²) in [7, 11) is 3.76. The SMILES string of the molecule is Cc1noc(C)c1Cc1ccc(C(=O)N2CCC(CCc3noc(N(C)C)n3)CC2)o1. The van der Waals surface area contributed by atoms with E-state index in [4.69, 9.17) is 13.5 Å². The predicted octanol–water partition coefficient (Wildman–Crippen LogP) is 3.41.